The summed E-state index contributed by atoms with van der Waals surface area (Å²) in [5.41, 5.74) is 13.4. The van der Waals surface area contributed by atoms with Gasteiger partial charge >= 0.3 is 0 Å². The number of fused-ring (bicyclic) bond motifs is 8. The molecule has 6 nitrogen and oxygen atoms in total. The molecular formula is C38H39N5O+2. The van der Waals surface area contributed by atoms with Crippen LogP contribution in [0.2, 0.25) is 0 Å². The minimum Gasteiger partial charge on any atom is -0.453 e. The van der Waals surface area contributed by atoms with Gasteiger partial charge in [0.25, 0.3) is 5.65 Å². The molecule has 2 aromatic carbocycles. The third kappa shape index (κ3) is 4.15. The first-order valence-corrected chi connectivity index (χ1v) is 15.4. The van der Waals surface area contributed by atoms with Gasteiger partial charge in [0.15, 0.2) is 28.7 Å². The number of nitrogens with zero attached hydrogens (tertiary/aromatic N) is 5. The van der Waals surface area contributed by atoms with Crippen LogP contribution in [0.1, 0.15) is 59.1 Å². The first kappa shape index (κ1) is 28.0. The zero-order valence-corrected chi connectivity index (χ0v) is 26.9. The average molecular weight is 582 g/mol. The van der Waals surface area contributed by atoms with Gasteiger partial charge in [0.05, 0.1) is 41.6 Å². The lowest BCUT2D eigenvalue weighted by atomic mass is 9.95. The Labute approximate surface area is 258 Å². The van der Waals surface area contributed by atoms with E-state index in [9.17, 15) is 0 Å². The van der Waals surface area contributed by atoms with Crippen LogP contribution in [-0.4, -0.2) is 14.4 Å². The molecule has 0 bridgehead atoms. The van der Waals surface area contributed by atoms with Crippen molar-refractivity contribution in [2.24, 2.45) is 14.1 Å². The molecule has 6 heteroatoms. The molecule has 44 heavy (non-hydrogen) atoms. The van der Waals surface area contributed by atoms with Crippen molar-refractivity contribution in [1.82, 2.24) is 14.4 Å². The number of rotatable bonds is 5. The molecule has 0 N–H and O–H groups in total. The molecule has 220 valence electrons. The van der Waals surface area contributed by atoms with Gasteiger partial charge in [0.1, 0.15) is 18.3 Å². The van der Waals surface area contributed by atoms with E-state index in [4.69, 9.17) is 14.7 Å². The monoisotopic (exact) mass is 581 g/mol. The van der Waals surface area contributed by atoms with Gasteiger partial charge in [0.2, 0.25) is 0 Å². The maximum absolute atomic E-state index is 6.84. The van der Waals surface area contributed by atoms with Crippen molar-refractivity contribution in [3.63, 3.8) is 0 Å². The van der Waals surface area contributed by atoms with Gasteiger partial charge in [-0.05, 0) is 68.5 Å². The first-order chi connectivity index (χ1) is 21.2. The molecule has 5 aromatic heterocycles. The number of pyridine rings is 4. The van der Waals surface area contributed by atoms with Crippen LogP contribution in [0.15, 0.2) is 73.1 Å². The van der Waals surface area contributed by atoms with Crippen LogP contribution >= 0.6 is 0 Å². The van der Waals surface area contributed by atoms with E-state index in [0.717, 1.165) is 57.0 Å². The molecule has 0 atom stereocenters. The second kappa shape index (κ2) is 10.4. The highest BCUT2D eigenvalue weighted by Gasteiger charge is 2.28. The number of aromatic nitrogens is 5. The van der Waals surface area contributed by atoms with E-state index >= 15 is 0 Å². The van der Waals surface area contributed by atoms with Gasteiger partial charge in [-0.1, -0.05) is 44.2 Å². The Morgan fingerprint density at radius 3 is 2.34 bits per heavy atom. The highest BCUT2D eigenvalue weighted by Crippen LogP contribution is 2.40. The second-order valence-corrected chi connectivity index (χ2v) is 12.4. The number of aryl methyl sites for hydroxylation is 5. The molecular weight excluding hydrogens is 542 g/mol. The molecule has 7 aromatic rings. The molecule has 0 amide bonds. The summed E-state index contributed by atoms with van der Waals surface area (Å²) in [6.45, 7) is 13.0. The molecule has 0 radical (unpaired) electrons. The van der Waals surface area contributed by atoms with Gasteiger partial charge < -0.3 is 4.74 Å². The SMILES string of the molecule is Cc1nc(C)c(Oc2cnc3c4c(C(C)C)cccc4n4c5ccccc5[n+](C)c4c3c2C)c(C)c1Cc1cccc[n+]1C. The lowest BCUT2D eigenvalue weighted by Crippen LogP contribution is -2.33. The third-order valence-corrected chi connectivity index (χ3v) is 9.33. The fourth-order valence-electron chi connectivity index (χ4n) is 6.97. The Morgan fingerprint density at radius 2 is 1.57 bits per heavy atom. The van der Waals surface area contributed by atoms with Crippen LogP contribution in [0.25, 0.3) is 38.5 Å². The van der Waals surface area contributed by atoms with Crippen molar-refractivity contribution in [2.75, 3.05) is 0 Å². The molecule has 0 aliphatic carbocycles. The van der Waals surface area contributed by atoms with Gasteiger partial charge in [-0.15, -0.1) is 0 Å². The van der Waals surface area contributed by atoms with E-state index in [1.807, 2.05) is 13.1 Å². The number of imidazole rings is 1. The highest BCUT2D eigenvalue weighted by atomic mass is 16.5. The summed E-state index contributed by atoms with van der Waals surface area (Å²) in [5.74, 6) is 1.90. The molecule has 0 unspecified atom stereocenters. The van der Waals surface area contributed by atoms with Crippen molar-refractivity contribution in [2.45, 2.75) is 53.9 Å². The molecule has 5 heterocycles. The zero-order valence-electron chi connectivity index (χ0n) is 26.9. The van der Waals surface area contributed by atoms with Crippen molar-refractivity contribution in [1.29, 1.82) is 0 Å². The van der Waals surface area contributed by atoms with Crippen molar-refractivity contribution < 1.29 is 13.9 Å². The Hall–Kier alpha value is -4.84. The quantitative estimate of drug-likeness (QED) is 0.156. The molecule has 0 aliphatic rings. The summed E-state index contributed by atoms with van der Waals surface area (Å²) < 4.78 is 13.7. The van der Waals surface area contributed by atoms with E-state index in [1.165, 1.54) is 38.8 Å². The largest absolute Gasteiger partial charge is 0.453 e. The molecule has 0 aliphatic heterocycles. The fraction of sp³-hybridized carbons (Fsp3) is 0.263. The second-order valence-electron chi connectivity index (χ2n) is 12.4. The number of para-hydroxylation sites is 2. The van der Waals surface area contributed by atoms with Crippen LogP contribution in [0.4, 0.5) is 0 Å². The first-order valence-electron chi connectivity index (χ1n) is 15.4. The lowest BCUT2D eigenvalue weighted by Gasteiger charge is -2.18. The highest BCUT2D eigenvalue weighted by molar-refractivity contribution is 6.13. The molecule has 0 saturated heterocycles. The molecule has 7 rings (SSSR count). The fourth-order valence-corrected chi connectivity index (χ4v) is 6.97. The van der Waals surface area contributed by atoms with Gasteiger partial charge in [-0.3, -0.25) is 9.97 Å². The summed E-state index contributed by atoms with van der Waals surface area (Å²) in [4.78, 5) is 10.1. The van der Waals surface area contributed by atoms with E-state index in [0.29, 0.717) is 5.92 Å². The van der Waals surface area contributed by atoms with Crippen LogP contribution in [0.5, 0.6) is 11.5 Å². The lowest BCUT2D eigenvalue weighted by molar-refractivity contribution is -0.678. The maximum Gasteiger partial charge on any atom is 0.297 e. The summed E-state index contributed by atoms with van der Waals surface area (Å²) in [7, 11) is 4.24. The molecule has 0 fully saturated rings. The predicted octanol–water partition coefficient (Wildman–Crippen LogP) is 7.58. The van der Waals surface area contributed by atoms with Crippen LogP contribution in [0, 0.1) is 27.7 Å². The maximum atomic E-state index is 6.84. The van der Waals surface area contributed by atoms with E-state index in [2.05, 4.69) is 129 Å². The van der Waals surface area contributed by atoms with Crippen LogP contribution in [-0.2, 0) is 20.5 Å². The smallest absolute Gasteiger partial charge is 0.297 e. The van der Waals surface area contributed by atoms with Crippen molar-refractivity contribution >= 4 is 38.5 Å². The Balaban J connectivity index is 1.49. The van der Waals surface area contributed by atoms with Crippen LogP contribution < -0.4 is 13.9 Å². The third-order valence-electron chi connectivity index (χ3n) is 9.33. The topological polar surface area (TPSA) is 47.2 Å². The van der Waals surface area contributed by atoms with Gasteiger partial charge in [0, 0.05) is 23.4 Å². The van der Waals surface area contributed by atoms with E-state index < -0.39 is 0 Å². The number of ether oxygens (including phenoxy) is 1. The number of hydrogen-bond donors (Lipinski definition) is 0. The Kier molecular flexibility index (Phi) is 6.61. The van der Waals surface area contributed by atoms with Crippen molar-refractivity contribution in [3.05, 3.63) is 112 Å². The Morgan fingerprint density at radius 1 is 0.818 bits per heavy atom. The minimum absolute atomic E-state index is 0.349. The average Bonchev–Trinajstić information content (AvgIpc) is 3.31. The summed E-state index contributed by atoms with van der Waals surface area (Å²) in [6, 6.07) is 21.6. The number of benzene rings is 2. The molecule has 0 spiro atoms. The van der Waals surface area contributed by atoms with E-state index in [1.54, 1.807) is 0 Å². The standard InChI is InChI=1S/C38H39N5O/c1-22(2)28-15-13-18-32-35(28)36-34(38-42(8)30-16-9-10-17-31(30)43(32)38)24(4)33(21-39-36)44-37-23(3)29(25(5)40-26(37)6)20-27-14-11-12-19-41(27)7/h9-19,21-22H,20H2,1-8H3/q+2. The van der Waals surface area contributed by atoms with E-state index in [-0.39, 0.29) is 0 Å². The zero-order chi connectivity index (χ0) is 30.9. The predicted molar refractivity (Wildman–Crippen MR) is 177 cm³/mol. The van der Waals surface area contributed by atoms with Gasteiger partial charge in [-0.2, -0.15) is 4.40 Å². The normalized spacial score (nSPS) is 11.9. The van der Waals surface area contributed by atoms with Crippen LogP contribution in [0.3, 0.4) is 0 Å². The minimum atomic E-state index is 0.349. The summed E-state index contributed by atoms with van der Waals surface area (Å²) >= 11 is 0. The number of hydrogen-bond acceptors (Lipinski definition) is 3. The van der Waals surface area contributed by atoms with Crippen molar-refractivity contribution in [3.8, 4) is 11.5 Å². The summed E-state index contributed by atoms with van der Waals surface area (Å²) in [5, 5.41) is 2.30. The summed E-state index contributed by atoms with van der Waals surface area (Å²) in [6.07, 6.45) is 4.77. The van der Waals surface area contributed by atoms with Gasteiger partial charge in [-0.25, -0.2) is 9.13 Å². The Bertz CT molecular complexity index is 2280. The molecule has 0 saturated carbocycles.